The van der Waals surface area contributed by atoms with E-state index in [-0.39, 0.29) is 10.7 Å². The van der Waals surface area contributed by atoms with Crippen LogP contribution in [0.3, 0.4) is 0 Å². The van der Waals surface area contributed by atoms with Crippen LogP contribution in [-0.4, -0.2) is 5.91 Å². The summed E-state index contributed by atoms with van der Waals surface area (Å²) in [5, 5.41) is 11.0. The van der Waals surface area contributed by atoms with Crippen LogP contribution < -0.4 is 5.32 Å². The van der Waals surface area contributed by atoms with Gasteiger partial charge in [0.25, 0.3) is 0 Å². The van der Waals surface area contributed by atoms with E-state index in [1.807, 2.05) is 0 Å². The van der Waals surface area contributed by atoms with Crippen LogP contribution in [0, 0.1) is 23.1 Å². The number of nitrogens with zero attached hydrogens (tertiary/aromatic N) is 1. The minimum atomic E-state index is -0.819. The van der Waals surface area contributed by atoms with Gasteiger partial charge in [-0.25, -0.2) is 4.39 Å². The molecule has 0 fully saturated rings. The molecule has 0 spiro atoms. The van der Waals surface area contributed by atoms with Crippen molar-refractivity contribution >= 4 is 23.2 Å². The number of rotatable bonds is 2. The molecule has 0 aromatic heterocycles. The molecule has 1 N–H and O–H groups in total. The van der Waals surface area contributed by atoms with Crippen molar-refractivity contribution in [2.45, 2.75) is 6.92 Å². The Morgan fingerprint density at radius 1 is 1.67 bits per heavy atom. The Balaban J connectivity index is 2.82. The fourth-order valence-corrected chi connectivity index (χ4v) is 1.05. The molecule has 1 aromatic rings. The number of amides is 1. The van der Waals surface area contributed by atoms with Crippen molar-refractivity contribution in [3.63, 3.8) is 0 Å². The quantitative estimate of drug-likeness (QED) is 0.843. The zero-order valence-electron chi connectivity index (χ0n) is 7.92. The van der Waals surface area contributed by atoms with Gasteiger partial charge in [0.05, 0.1) is 11.8 Å². The van der Waals surface area contributed by atoms with Gasteiger partial charge in [0, 0.05) is 5.02 Å². The van der Waals surface area contributed by atoms with Gasteiger partial charge in [-0.1, -0.05) is 11.6 Å². The summed E-state index contributed by atoms with van der Waals surface area (Å²) < 4.78 is 13.2. The van der Waals surface area contributed by atoms with Gasteiger partial charge in [-0.3, -0.25) is 4.79 Å². The van der Waals surface area contributed by atoms with Gasteiger partial charge < -0.3 is 5.32 Å². The third-order valence-electron chi connectivity index (χ3n) is 1.78. The number of halogens is 2. The van der Waals surface area contributed by atoms with Crippen LogP contribution in [-0.2, 0) is 4.79 Å². The average molecular weight is 227 g/mol. The summed E-state index contributed by atoms with van der Waals surface area (Å²) in [4.78, 5) is 11.2. The maximum Gasteiger partial charge on any atom is 0.241 e. The van der Waals surface area contributed by atoms with Gasteiger partial charge in [-0.2, -0.15) is 5.26 Å². The average Bonchev–Trinajstić information content (AvgIpc) is 2.20. The second kappa shape index (κ2) is 4.76. The summed E-state index contributed by atoms with van der Waals surface area (Å²) in [6, 6.07) is 5.65. The number of hydrogen-bond donors (Lipinski definition) is 1. The van der Waals surface area contributed by atoms with Crippen LogP contribution >= 0.6 is 11.6 Å². The van der Waals surface area contributed by atoms with Crippen molar-refractivity contribution in [3.05, 3.63) is 29.0 Å². The van der Waals surface area contributed by atoms with Gasteiger partial charge in [0.1, 0.15) is 11.7 Å². The Labute approximate surface area is 91.5 Å². The van der Waals surface area contributed by atoms with Crippen LogP contribution in [0.5, 0.6) is 0 Å². The van der Waals surface area contributed by atoms with Gasteiger partial charge in [0.2, 0.25) is 5.91 Å². The molecule has 1 rings (SSSR count). The summed E-state index contributed by atoms with van der Waals surface area (Å²) in [6.07, 6.45) is 0. The lowest BCUT2D eigenvalue weighted by Gasteiger charge is -2.07. The molecule has 0 saturated heterocycles. The van der Waals surface area contributed by atoms with Crippen molar-refractivity contribution in [3.8, 4) is 6.07 Å². The predicted molar refractivity (Wildman–Crippen MR) is 54.8 cm³/mol. The number of anilines is 1. The van der Waals surface area contributed by atoms with Crippen LogP contribution in [0.1, 0.15) is 6.92 Å². The van der Waals surface area contributed by atoms with E-state index in [9.17, 15) is 9.18 Å². The summed E-state index contributed by atoms with van der Waals surface area (Å²) in [5.41, 5.74) is 0.0199. The fourth-order valence-electron chi connectivity index (χ4n) is 0.890. The largest absolute Gasteiger partial charge is 0.322 e. The topological polar surface area (TPSA) is 52.9 Å². The van der Waals surface area contributed by atoms with E-state index in [2.05, 4.69) is 5.32 Å². The lowest BCUT2D eigenvalue weighted by atomic mass is 10.2. The van der Waals surface area contributed by atoms with Gasteiger partial charge in [0.15, 0.2) is 0 Å². The molecular formula is C10H8ClFN2O. The number of benzene rings is 1. The molecule has 3 nitrogen and oxygen atoms in total. The van der Waals surface area contributed by atoms with E-state index in [4.69, 9.17) is 16.9 Å². The zero-order chi connectivity index (χ0) is 11.4. The van der Waals surface area contributed by atoms with Crippen LogP contribution in [0.4, 0.5) is 10.1 Å². The molecule has 0 aliphatic carbocycles. The minimum Gasteiger partial charge on any atom is -0.322 e. The Morgan fingerprint density at radius 2 is 2.33 bits per heavy atom. The highest BCUT2D eigenvalue weighted by molar-refractivity contribution is 6.30. The SMILES string of the molecule is C[C@H](C#N)C(=O)Nc1ccc(Cl)cc1F. The molecule has 0 radical (unpaired) electrons. The highest BCUT2D eigenvalue weighted by atomic mass is 35.5. The smallest absolute Gasteiger partial charge is 0.241 e. The van der Waals surface area contributed by atoms with Gasteiger partial charge >= 0.3 is 0 Å². The van der Waals surface area contributed by atoms with E-state index in [1.54, 1.807) is 6.07 Å². The number of hydrogen-bond acceptors (Lipinski definition) is 2. The van der Waals surface area contributed by atoms with Crippen molar-refractivity contribution < 1.29 is 9.18 Å². The fraction of sp³-hybridized carbons (Fsp3) is 0.200. The van der Waals surface area contributed by atoms with Gasteiger partial charge in [-0.05, 0) is 25.1 Å². The molecule has 1 aromatic carbocycles. The molecule has 78 valence electrons. The minimum absolute atomic E-state index is 0.0199. The molecule has 0 aliphatic rings. The maximum atomic E-state index is 13.2. The van der Waals surface area contributed by atoms with Crippen molar-refractivity contribution in [2.75, 3.05) is 5.32 Å². The zero-order valence-corrected chi connectivity index (χ0v) is 8.68. The number of carbonyl (C=O) groups is 1. The normalized spacial score (nSPS) is 11.6. The third kappa shape index (κ3) is 2.93. The molecule has 0 heterocycles. The lowest BCUT2D eigenvalue weighted by Crippen LogP contribution is -2.19. The summed E-state index contributed by atoms with van der Waals surface area (Å²) >= 11 is 5.54. The lowest BCUT2D eigenvalue weighted by molar-refractivity contribution is -0.117. The highest BCUT2D eigenvalue weighted by Gasteiger charge is 2.13. The second-order valence-electron chi connectivity index (χ2n) is 2.96. The molecular weight excluding hydrogens is 219 g/mol. The monoisotopic (exact) mass is 226 g/mol. The molecule has 1 atom stereocenters. The van der Waals surface area contributed by atoms with E-state index < -0.39 is 17.6 Å². The number of nitriles is 1. The predicted octanol–water partition coefficient (Wildman–Crippen LogP) is 2.58. The first-order chi connectivity index (χ1) is 7.04. The Hall–Kier alpha value is -1.60. The summed E-state index contributed by atoms with van der Waals surface area (Å²) in [5.74, 6) is -1.99. The first-order valence-corrected chi connectivity index (χ1v) is 4.58. The number of nitrogens with one attached hydrogen (secondary N) is 1. The Morgan fingerprint density at radius 3 is 2.87 bits per heavy atom. The number of carbonyl (C=O) groups excluding carboxylic acids is 1. The summed E-state index contributed by atoms with van der Waals surface area (Å²) in [6.45, 7) is 1.43. The van der Waals surface area contributed by atoms with Crippen molar-refractivity contribution in [1.82, 2.24) is 0 Å². The maximum absolute atomic E-state index is 13.2. The Kier molecular flexibility index (Phi) is 3.64. The van der Waals surface area contributed by atoms with E-state index in [1.165, 1.54) is 19.1 Å². The molecule has 1 amide bonds. The molecule has 0 unspecified atom stereocenters. The molecule has 0 bridgehead atoms. The van der Waals surface area contributed by atoms with E-state index >= 15 is 0 Å². The highest BCUT2D eigenvalue weighted by Crippen LogP contribution is 2.19. The van der Waals surface area contributed by atoms with Crippen LogP contribution in [0.25, 0.3) is 0 Å². The molecule has 0 aliphatic heterocycles. The summed E-state index contributed by atoms with van der Waals surface area (Å²) in [7, 11) is 0. The van der Waals surface area contributed by atoms with Crippen LogP contribution in [0.2, 0.25) is 5.02 Å². The van der Waals surface area contributed by atoms with E-state index in [0.29, 0.717) is 0 Å². The first-order valence-electron chi connectivity index (χ1n) is 4.20. The third-order valence-corrected chi connectivity index (χ3v) is 2.01. The molecule has 15 heavy (non-hydrogen) atoms. The molecule has 0 saturated carbocycles. The van der Waals surface area contributed by atoms with Gasteiger partial charge in [-0.15, -0.1) is 0 Å². The van der Waals surface area contributed by atoms with Crippen molar-refractivity contribution in [2.24, 2.45) is 5.92 Å². The standard InChI is InChI=1S/C10H8ClFN2O/c1-6(5-13)10(15)14-9-3-2-7(11)4-8(9)12/h2-4,6H,1H3,(H,14,15)/t6-/m1/s1. The Bertz CT molecular complexity index is 428. The van der Waals surface area contributed by atoms with E-state index in [0.717, 1.165) is 6.07 Å². The molecule has 5 heteroatoms. The van der Waals surface area contributed by atoms with Crippen molar-refractivity contribution in [1.29, 1.82) is 5.26 Å². The second-order valence-corrected chi connectivity index (χ2v) is 3.40. The first kappa shape index (κ1) is 11.5. The van der Waals surface area contributed by atoms with Crippen LogP contribution in [0.15, 0.2) is 18.2 Å².